The number of aromatic nitrogens is 4. The summed E-state index contributed by atoms with van der Waals surface area (Å²) in [4.78, 5) is 4.05. The lowest BCUT2D eigenvalue weighted by molar-refractivity contribution is 0.657. The monoisotopic (exact) mass is 205 g/mol. The smallest absolute Gasteiger partial charge is 0.0946 e. The molecule has 0 aliphatic heterocycles. The summed E-state index contributed by atoms with van der Waals surface area (Å²) in [6.45, 7) is 2.91. The predicted octanol–water partition coefficient (Wildman–Crippen LogP) is 0.685. The van der Waals surface area contributed by atoms with Gasteiger partial charge in [-0.2, -0.15) is 5.10 Å². The van der Waals surface area contributed by atoms with Crippen molar-refractivity contribution in [2.75, 3.05) is 0 Å². The first-order valence-electron chi connectivity index (χ1n) is 4.96. The lowest BCUT2D eigenvalue weighted by Crippen LogP contribution is -2.14. The van der Waals surface area contributed by atoms with E-state index in [4.69, 9.17) is 5.73 Å². The van der Waals surface area contributed by atoms with Crippen LogP contribution in [0.1, 0.15) is 24.2 Å². The van der Waals surface area contributed by atoms with E-state index < -0.39 is 0 Å². The van der Waals surface area contributed by atoms with Crippen molar-refractivity contribution in [3.8, 4) is 0 Å². The van der Waals surface area contributed by atoms with Crippen molar-refractivity contribution in [1.82, 2.24) is 19.3 Å². The molecule has 0 aliphatic rings. The molecule has 0 spiro atoms. The number of hydrogen-bond acceptors (Lipinski definition) is 3. The third-order valence-electron chi connectivity index (χ3n) is 2.51. The zero-order chi connectivity index (χ0) is 10.8. The molecule has 80 valence electrons. The third kappa shape index (κ3) is 1.78. The Morgan fingerprint density at radius 2 is 2.27 bits per heavy atom. The van der Waals surface area contributed by atoms with Gasteiger partial charge in [0.15, 0.2) is 0 Å². The molecule has 0 aromatic carbocycles. The van der Waals surface area contributed by atoms with Crippen molar-refractivity contribution in [2.45, 2.75) is 19.5 Å². The van der Waals surface area contributed by atoms with Crippen molar-refractivity contribution in [2.24, 2.45) is 12.8 Å². The van der Waals surface area contributed by atoms with Crippen LogP contribution < -0.4 is 5.73 Å². The van der Waals surface area contributed by atoms with Crippen LogP contribution in [-0.4, -0.2) is 19.3 Å². The summed E-state index contributed by atoms with van der Waals surface area (Å²) in [6.07, 6.45) is 7.31. The van der Waals surface area contributed by atoms with E-state index in [0.717, 1.165) is 17.8 Å². The number of aryl methyl sites for hydroxylation is 2. The highest BCUT2D eigenvalue weighted by Crippen LogP contribution is 2.17. The molecule has 0 saturated carbocycles. The summed E-state index contributed by atoms with van der Waals surface area (Å²) in [5.74, 6) is 0. The van der Waals surface area contributed by atoms with Gasteiger partial charge in [-0.25, -0.2) is 4.98 Å². The van der Waals surface area contributed by atoms with Gasteiger partial charge in [-0.15, -0.1) is 0 Å². The summed E-state index contributed by atoms with van der Waals surface area (Å²) in [7, 11) is 1.94. The van der Waals surface area contributed by atoms with E-state index in [1.54, 1.807) is 18.7 Å². The topological polar surface area (TPSA) is 61.7 Å². The molecule has 2 heterocycles. The van der Waals surface area contributed by atoms with Gasteiger partial charge >= 0.3 is 0 Å². The minimum atomic E-state index is -0.155. The molecule has 1 unspecified atom stereocenters. The second-order valence-corrected chi connectivity index (χ2v) is 3.54. The predicted molar refractivity (Wildman–Crippen MR) is 57.1 cm³/mol. The molecule has 5 heteroatoms. The Balaban J connectivity index is 2.28. The third-order valence-corrected chi connectivity index (χ3v) is 2.51. The van der Waals surface area contributed by atoms with Crippen LogP contribution in [0.25, 0.3) is 0 Å². The van der Waals surface area contributed by atoms with Crippen molar-refractivity contribution in [3.05, 3.63) is 36.2 Å². The molecule has 5 nitrogen and oxygen atoms in total. The van der Waals surface area contributed by atoms with Crippen molar-refractivity contribution >= 4 is 0 Å². The van der Waals surface area contributed by atoms with Crippen LogP contribution >= 0.6 is 0 Å². The number of nitrogens with zero attached hydrogens (tertiary/aromatic N) is 4. The Morgan fingerprint density at radius 3 is 2.80 bits per heavy atom. The van der Waals surface area contributed by atoms with Gasteiger partial charge in [0.2, 0.25) is 0 Å². The Kier molecular flexibility index (Phi) is 2.55. The minimum absolute atomic E-state index is 0.155. The first-order valence-corrected chi connectivity index (χ1v) is 4.96. The molecular weight excluding hydrogens is 190 g/mol. The molecular formula is C10H15N5. The van der Waals surface area contributed by atoms with E-state index in [-0.39, 0.29) is 6.04 Å². The first-order chi connectivity index (χ1) is 7.22. The van der Waals surface area contributed by atoms with Gasteiger partial charge in [-0.05, 0) is 6.92 Å². The van der Waals surface area contributed by atoms with Gasteiger partial charge < -0.3 is 10.3 Å². The summed E-state index contributed by atoms with van der Waals surface area (Å²) in [5, 5.41) is 4.20. The van der Waals surface area contributed by atoms with E-state index in [1.807, 2.05) is 29.4 Å². The van der Waals surface area contributed by atoms with Crippen LogP contribution in [0, 0.1) is 0 Å². The summed E-state index contributed by atoms with van der Waals surface area (Å²) in [5.41, 5.74) is 8.12. The molecule has 0 fully saturated rings. The fourth-order valence-corrected chi connectivity index (χ4v) is 1.55. The van der Waals surface area contributed by atoms with Crippen LogP contribution in [0.5, 0.6) is 0 Å². The summed E-state index contributed by atoms with van der Waals surface area (Å²) < 4.78 is 3.79. The molecule has 0 aliphatic carbocycles. The Bertz CT molecular complexity index is 442. The van der Waals surface area contributed by atoms with Crippen molar-refractivity contribution in [3.63, 3.8) is 0 Å². The molecule has 0 saturated heterocycles. The van der Waals surface area contributed by atoms with Gasteiger partial charge in [0, 0.05) is 25.4 Å². The number of hydrogen-bond donors (Lipinski definition) is 1. The second-order valence-electron chi connectivity index (χ2n) is 3.54. The Labute approximate surface area is 88.5 Å². The van der Waals surface area contributed by atoms with Gasteiger partial charge in [0.25, 0.3) is 0 Å². The first kappa shape index (κ1) is 9.92. The second kappa shape index (κ2) is 3.86. The van der Waals surface area contributed by atoms with Gasteiger partial charge in [-0.3, -0.25) is 4.68 Å². The van der Waals surface area contributed by atoms with Crippen LogP contribution in [0.3, 0.4) is 0 Å². The SMILES string of the molecule is CCn1cc(C(N)c2cncn2C)cn1. The fourth-order valence-electron chi connectivity index (χ4n) is 1.55. The highest BCUT2D eigenvalue weighted by molar-refractivity contribution is 5.21. The Hall–Kier alpha value is -1.62. The van der Waals surface area contributed by atoms with Crippen LogP contribution in [-0.2, 0) is 13.6 Å². The van der Waals surface area contributed by atoms with E-state index in [0.29, 0.717) is 0 Å². The quantitative estimate of drug-likeness (QED) is 0.801. The average Bonchev–Trinajstić information content (AvgIpc) is 2.84. The number of nitrogens with two attached hydrogens (primary N) is 1. The molecule has 0 amide bonds. The summed E-state index contributed by atoms with van der Waals surface area (Å²) >= 11 is 0. The van der Waals surface area contributed by atoms with Gasteiger partial charge in [-0.1, -0.05) is 0 Å². The number of imidazole rings is 1. The molecule has 0 radical (unpaired) electrons. The lowest BCUT2D eigenvalue weighted by atomic mass is 10.1. The molecule has 2 N–H and O–H groups in total. The van der Waals surface area contributed by atoms with Crippen molar-refractivity contribution in [1.29, 1.82) is 0 Å². The van der Waals surface area contributed by atoms with E-state index in [9.17, 15) is 0 Å². The highest BCUT2D eigenvalue weighted by Gasteiger charge is 2.13. The summed E-state index contributed by atoms with van der Waals surface area (Å²) in [6, 6.07) is -0.155. The van der Waals surface area contributed by atoms with E-state index in [2.05, 4.69) is 10.1 Å². The van der Waals surface area contributed by atoms with Crippen LogP contribution in [0.15, 0.2) is 24.9 Å². The number of rotatable bonds is 3. The van der Waals surface area contributed by atoms with Crippen LogP contribution in [0.4, 0.5) is 0 Å². The molecule has 2 rings (SSSR count). The lowest BCUT2D eigenvalue weighted by Gasteiger charge is -2.09. The average molecular weight is 205 g/mol. The molecule has 2 aromatic rings. The molecule has 1 atom stereocenters. The highest BCUT2D eigenvalue weighted by atomic mass is 15.3. The maximum atomic E-state index is 6.12. The maximum Gasteiger partial charge on any atom is 0.0946 e. The van der Waals surface area contributed by atoms with Gasteiger partial charge in [0.1, 0.15) is 0 Å². The van der Waals surface area contributed by atoms with Gasteiger partial charge in [0.05, 0.1) is 30.5 Å². The standard InChI is InChI=1S/C10H15N5/c1-3-15-6-8(4-13-15)10(11)9-5-12-7-14(9)2/h4-7,10H,3,11H2,1-2H3. The van der Waals surface area contributed by atoms with E-state index in [1.165, 1.54) is 0 Å². The largest absolute Gasteiger partial charge is 0.336 e. The van der Waals surface area contributed by atoms with E-state index >= 15 is 0 Å². The maximum absolute atomic E-state index is 6.12. The molecule has 0 bridgehead atoms. The molecule has 2 aromatic heterocycles. The normalized spacial score (nSPS) is 13.0. The zero-order valence-corrected chi connectivity index (χ0v) is 8.96. The zero-order valence-electron chi connectivity index (χ0n) is 8.96. The van der Waals surface area contributed by atoms with Crippen LogP contribution in [0.2, 0.25) is 0 Å². The molecule has 15 heavy (non-hydrogen) atoms. The van der Waals surface area contributed by atoms with Crippen molar-refractivity contribution < 1.29 is 0 Å². The fraction of sp³-hybridized carbons (Fsp3) is 0.400. The Morgan fingerprint density at radius 1 is 1.47 bits per heavy atom. The minimum Gasteiger partial charge on any atom is -0.336 e.